The molecule has 4 aliphatic rings. The van der Waals surface area contributed by atoms with Gasteiger partial charge in [-0.15, -0.1) is 12.4 Å². The molecule has 3 heterocycles. The average molecular weight is 434 g/mol. The highest BCUT2D eigenvalue weighted by Crippen LogP contribution is 2.38. The number of halogens is 1. The minimum Gasteiger partial charge on any atom is -0.338 e. The Hall–Kier alpha value is -1.18. The molecule has 3 unspecified atom stereocenters. The van der Waals surface area contributed by atoms with Gasteiger partial charge in [0, 0.05) is 50.2 Å². The van der Waals surface area contributed by atoms with Crippen LogP contribution in [0.15, 0.2) is 30.3 Å². The van der Waals surface area contributed by atoms with Crippen molar-refractivity contribution >= 4 is 18.3 Å². The predicted octanol–water partition coefficient (Wildman–Crippen LogP) is 1.91. The molecule has 1 amide bonds. The van der Waals surface area contributed by atoms with Crippen molar-refractivity contribution in [3.8, 4) is 0 Å². The summed E-state index contributed by atoms with van der Waals surface area (Å²) < 4.78 is 0. The topological polar surface area (TPSA) is 59.6 Å². The maximum atomic E-state index is 13.5. The Labute approximate surface area is 186 Å². The zero-order valence-electron chi connectivity index (χ0n) is 17.8. The number of hydrazine groups is 1. The number of nitrogens with zero attached hydrogens (tertiary/aromatic N) is 2. The van der Waals surface area contributed by atoms with E-state index < -0.39 is 0 Å². The Balaban J connectivity index is 0.00000218. The number of carbonyl (C=O) groups is 1. The number of amides is 1. The lowest BCUT2D eigenvalue weighted by Gasteiger charge is -2.53. The van der Waals surface area contributed by atoms with Gasteiger partial charge in [0.1, 0.15) is 6.04 Å². The van der Waals surface area contributed by atoms with Gasteiger partial charge in [-0.2, -0.15) is 0 Å². The number of carbonyl (C=O) groups excluding carboxylic acids is 1. The highest BCUT2D eigenvalue weighted by atomic mass is 35.5. The minimum absolute atomic E-state index is 0. The summed E-state index contributed by atoms with van der Waals surface area (Å²) in [5.41, 5.74) is 8.27. The third kappa shape index (κ3) is 4.26. The molecule has 4 fully saturated rings. The van der Waals surface area contributed by atoms with Crippen LogP contribution in [0.4, 0.5) is 0 Å². The van der Waals surface area contributed by atoms with Crippen LogP contribution in [0.1, 0.15) is 44.1 Å². The van der Waals surface area contributed by atoms with E-state index >= 15 is 0 Å². The largest absolute Gasteiger partial charge is 0.338 e. The predicted molar refractivity (Wildman–Crippen MR) is 121 cm³/mol. The molecule has 166 valence electrons. The van der Waals surface area contributed by atoms with E-state index in [1.54, 1.807) is 0 Å². The highest BCUT2D eigenvalue weighted by Gasteiger charge is 2.47. The quantitative estimate of drug-likeness (QED) is 0.679. The minimum atomic E-state index is -0.0888. The number of hydrogen-bond donors (Lipinski definition) is 3. The summed E-state index contributed by atoms with van der Waals surface area (Å²) in [6.45, 7) is 5.68. The summed E-state index contributed by atoms with van der Waals surface area (Å²) in [5.74, 6) is 0.666. The van der Waals surface area contributed by atoms with Gasteiger partial charge >= 0.3 is 0 Å². The van der Waals surface area contributed by atoms with Crippen molar-refractivity contribution in [3.05, 3.63) is 35.9 Å². The molecule has 0 bridgehead atoms. The van der Waals surface area contributed by atoms with Gasteiger partial charge in [0.25, 0.3) is 0 Å². The molecule has 3 N–H and O–H groups in total. The van der Waals surface area contributed by atoms with Crippen LogP contribution in [0.5, 0.6) is 0 Å². The summed E-state index contributed by atoms with van der Waals surface area (Å²) in [4.78, 5) is 18.4. The number of benzene rings is 1. The first-order valence-electron chi connectivity index (χ1n) is 11.5. The molecule has 1 aromatic rings. The van der Waals surface area contributed by atoms with Gasteiger partial charge < -0.3 is 10.2 Å². The molecule has 0 radical (unpaired) electrons. The Morgan fingerprint density at radius 2 is 1.87 bits per heavy atom. The monoisotopic (exact) mass is 433 g/mol. The van der Waals surface area contributed by atoms with Gasteiger partial charge in [0.15, 0.2) is 0 Å². The van der Waals surface area contributed by atoms with Crippen LogP contribution in [0.25, 0.3) is 0 Å². The van der Waals surface area contributed by atoms with Gasteiger partial charge in [-0.3, -0.25) is 15.1 Å². The second-order valence-corrected chi connectivity index (χ2v) is 9.48. The Morgan fingerprint density at radius 1 is 1.07 bits per heavy atom. The molecule has 0 aromatic heterocycles. The van der Waals surface area contributed by atoms with Crippen molar-refractivity contribution in [1.82, 2.24) is 26.0 Å². The standard InChI is InChI=1S/C23H35N5O.ClH/c29-22(21-19-15-24-12-9-20(19)25-26-21)27-13-14-28(16-18-7-3-1-4-8-18)23(17-27)10-5-2-6-11-23;/h1,3-4,7-8,19-21,24-26H,2,5-6,9-17H2;1H. The molecular formula is C23H36ClN5O. The van der Waals surface area contributed by atoms with E-state index in [4.69, 9.17) is 0 Å². The summed E-state index contributed by atoms with van der Waals surface area (Å²) in [6.07, 6.45) is 7.42. The van der Waals surface area contributed by atoms with Crippen LogP contribution in [0, 0.1) is 5.92 Å². The van der Waals surface area contributed by atoms with Crippen LogP contribution in [0.3, 0.4) is 0 Å². The number of hydrogen-bond acceptors (Lipinski definition) is 5. The van der Waals surface area contributed by atoms with Crippen LogP contribution in [-0.4, -0.2) is 66.1 Å². The molecule has 7 heteroatoms. The van der Waals surface area contributed by atoms with Gasteiger partial charge in [-0.1, -0.05) is 49.6 Å². The van der Waals surface area contributed by atoms with Crippen molar-refractivity contribution in [2.45, 2.75) is 62.7 Å². The van der Waals surface area contributed by atoms with Crippen molar-refractivity contribution in [2.75, 3.05) is 32.7 Å². The second-order valence-electron chi connectivity index (χ2n) is 9.48. The molecule has 6 nitrogen and oxygen atoms in total. The van der Waals surface area contributed by atoms with Crippen molar-refractivity contribution in [1.29, 1.82) is 0 Å². The van der Waals surface area contributed by atoms with E-state index in [0.717, 1.165) is 45.7 Å². The van der Waals surface area contributed by atoms with Crippen LogP contribution in [-0.2, 0) is 11.3 Å². The summed E-state index contributed by atoms with van der Waals surface area (Å²) in [5, 5.41) is 3.48. The van der Waals surface area contributed by atoms with Gasteiger partial charge in [-0.25, -0.2) is 5.43 Å². The number of rotatable bonds is 3. The third-order valence-corrected chi connectivity index (χ3v) is 7.76. The normalized spacial score (nSPS) is 31.2. The number of fused-ring (bicyclic) bond motifs is 1. The fourth-order valence-corrected chi connectivity index (χ4v) is 6.09. The lowest BCUT2D eigenvalue weighted by Crippen LogP contribution is -2.65. The third-order valence-electron chi connectivity index (χ3n) is 7.76. The highest BCUT2D eigenvalue weighted by molar-refractivity contribution is 5.85. The van der Waals surface area contributed by atoms with E-state index in [9.17, 15) is 4.79 Å². The van der Waals surface area contributed by atoms with E-state index in [1.807, 2.05) is 0 Å². The lowest BCUT2D eigenvalue weighted by atomic mass is 9.78. The van der Waals surface area contributed by atoms with Gasteiger partial charge in [0.2, 0.25) is 5.91 Å². The summed E-state index contributed by atoms with van der Waals surface area (Å²) in [6, 6.07) is 11.2. The van der Waals surface area contributed by atoms with Crippen LogP contribution < -0.4 is 16.2 Å². The number of piperazine rings is 1. The molecule has 1 saturated carbocycles. The Morgan fingerprint density at radius 3 is 2.67 bits per heavy atom. The SMILES string of the molecule is Cl.O=C(C1NNC2CCNCC21)N1CCN(Cc2ccccc2)C2(CCCCC2)C1. The molecule has 3 atom stereocenters. The zero-order valence-corrected chi connectivity index (χ0v) is 18.6. The average Bonchev–Trinajstić information content (AvgIpc) is 3.20. The molecule has 1 spiro atoms. The van der Waals surface area contributed by atoms with Gasteiger partial charge in [-0.05, 0) is 31.4 Å². The smallest absolute Gasteiger partial charge is 0.241 e. The summed E-state index contributed by atoms with van der Waals surface area (Å²) >= 11 is 0. The van der Waals surface area contributed by atoms with Crippen molar-refractivity contribution in [3.63, 3.8) is 0 Å². The molecule has 3 saturated heterocycles. The van der Waals surface area contributed by atoms with E-state index in [1.165, 1.54) is 37.7 Å². The van der Waals surface area contributed by atoms with Crippen molar-refractivity contribution in [2.24, 2.45) is 5.92 Å². The lowest BCUT2D eigenvalue weighted by molar-refractivity contribution is -0.141. The second kappa shape index (κ2) is 9.53. The van der Waals surface area contributed by atoms with E-state index in [2.05, 4.69) is 56.3 Å². The van der Waals surface area contributed by atoms with E-state index in [-0.39, 0.29) is 24.0 Å². The maximum absolute atomic E-state index is 13.5. The maximum Gasteiger partial charge on any atom is 0.241 e. The first-order chi connectivity index (χ1) is 14.3. The number of piperidine rings is 1. The fraction of sp³-hybridized carbons (Fsp3) is 0.696. The molecule has 1 aliphatic carbocycles. The molecule has 5 rings (SSSR count). The zero-order chi connectivity index (χ0) is 19.7. The Kier molecular flexibility index (Phi) is 7.00. The van der Waals surface area contributed by atoms with Crippen LogP contribution in [0.2, 0.25) is 0 Å². The van der Waals surface area contributed by atoms with Crippen LogP contribution >= 0.6 is 12.4 Å². The first kappa shape index (κ1) is 22.0. The summed E-state index contributed by atoms with van der Waals surface area (Å²) in [7, 11) is 0. The number of nitrogens with one attached hydrogen (secondary N) is 3. The van der Waals surface area contributed by atoms with Gasteiger partial charge in [0.05, 0.1) is 0 Å². The fourth-order valence-electron chi connectivity index (χ4n) is 6.09. The molecule has 30 heavy (non-hydrogen) atoms. The Bertz CT molecular complexity index is 711. The molecule has 3 aliphatic heterocycles. The molecule has 1 aromatic carbocycles. The van der Waals surface area contributed by atoms with Crippen molar-refractivity contribution < 1.29 is 4.79 Å². The van der Waals surface area contributed by atoms with E-state index in [0.29, 0.717) is 17.9 Å². The molecular weight excluding hydrogens is 398 g/mol. The first-order valence-corrected chi connectivity index (χ1v) is 11.5.